The van der Waals surface area contributed by atoms with Crippen molar-refractivity contribution in [1.29, 1.82) is 0 Å². The average Bonchev–Trinajstić information content (AvgIpc) is 3.20. The van der Waals surface area contributed by atoms with Gasteiger partial charge in [0.05, 0.1) is 12.1 Å². The molecule has 1 aliphatic rings. The molecule has 1 heterocycles. The van der Waals surface area contributed by atoms with Crippen molar-refractivity contribution < 1.29 is 39.3 Å². The van der Waals surface area contributed by atoms with E-state index in [2.05, 4.69) is 21.3 Å². The fourth-order valence-corrected chi connectivity index (χ4v) is 3.13. The van der Waals surface area contributed by atoms with Crippen LogP contribution in [0.3, 0.4) is 0 Å². The molecule has 12 heteroatoms. The van der Waals surface area contributed by atoms with Gasteiger partial charge in [0, 0.05) is 6.42 Å². The molecule has 3 amide bonds. The van der Waals surface area contributed by atoms with E-state index in [0.29, 0.717) is 13.0 Å². The van der Waals surface area contributed by atoms with Crippen molar-refractivity contribution in [3.05, 3.63) is 0 Å². The molecule has 31 heavy (non-hydrogen) atoms. The quantitative estimate of drug-likeness (QED) is 0.181. The zero-order valence-electron chi connectivity index (χ0n) is 17.9. The zero-order chi connectivity index (χ0) is 23.7. The Balaban J connectivity index is 2.90. The van der Waals surface area contributed by atoms with Gasteiger partial charge in [-0.05, 0) is 38.6 Å². The highest BCUT2D eigenvalue weighted by atomic mass is 16.4. The summed E-state index contributed by atoms with van der Waals surface area (Å²) in [5.74, 6) is -5.12. The highest BCUT2D eigenvalue weighted by Crippen LogP contribution is 2.08. The summed E-state index contributed by atoms with van der Waals surface area (Å²) in [7, 11) is 0. The molecule has 0 aromatic carbocycles. The minimum Gasteiger partial charge on any atom is -0.481 e. The minimum absolute atomic E-state index is 0.225. The maximum absolute atomic E-state index is 12.7. The lowest BCUT2D eigenvalue weighted by Gasteiger charge is -2.27. The van der Waals surface area contributed by atoms with Crippen LogP contribution in [0.15, 0.2) is 0 Å². The van der Waals surface area contributed by atoms with Crippen LogP contribution in [0.2, 0.25) is 0 Å². The van der Waals surface area contributed by atoms with Gasteiger partial charge in [0.15, 0.2) is 0 Å². The molecule has 0 bridgehead atoms. The molecule has 0 aromatic rings. The summed E-state index contributed by atoms with van der Waals surface area (Å²) in [6.07, 6.45) is -0.648. The first-order valence-electron chi connectivity index (χ1n) is 10.2. The molecule has 5 unspecified atom stereocenters. The van der Waals surface area contributed by atoms with Gasteiger partial charge in [-0.25, -0.2) is 4.79 Å². The Hall–Kier alpha value is -2.73. The summed E-state index contributed by atoms with van der Waals surface area (Å²) < 4.78 is 0. The van der Waals surface area contributed by atoms with Crippen LogP contribution in [-0.2, 0) is 24.0 Å². The second-order valence-electron chi connectivity index (χ2n) is 7.94. The Morgan fingerprint density at radius 3 is 2.03 bits per heavy atom. The molecule has 176 valence electrons. The molecule has 1 rings (SSSR count). The van der Waals surface area contributed by atoms with Gasteiger partial charge < -0.3 is 36.6 Å². The SMILES string of the molecule is CC(C)C(NC(=O)C(NC(=O)C(CCC(=O)O)NC(=O)C1CCCN1)C(C)O)C(=O)O. The highest BCUT2D eigenvalue weighted by molar-refractivity contribution is 5.94. The molecule has 0 aromatic heterocycles. The second-order valence-corrected chi connectivity index (χ2v) is 7.94. The number of aliphatic hydroxyl groups excluding tert-OH is 1. The Morgan fingerprint density at radius 1 is 0.968 bits per heavy atom. The van der Waals surface area contributed by atoms with E-state index < -0.39 is 72.3 Å². The first-order chi connectivity index (χ1) is 14.4. The van der Waals surface area contributed by atoms with E-state index in [9.17, 15) is 34.2 Å². The highest BCUT2D eigenvalue weighted by Gasteiger charge is 2.34. The summed E-state index contributed by atoms with van der Waals surface area (Å²) in [6.45, 7) is 5.06. The van der Waals surface area contributed by atoms with Crippen LogP contribution in [0, 0.1) is 5.92 Å². The molecule has 1 fully saturated rings. The monoisotopic (exact) mass is 444 g/mol. The van der Waals surface area contributed by atoms with Crippen molar-refractivity contribution in [3.8, 4) is 0 Å². The predicted molar refractivity (Wildman–Crippen MR) is 108 cm³/mol. The fourth-order valence-electron chi connectivity index (χ4n) is 3.13. The van der Waals surface area contributed by atoms with Gasteiger partial charge in [-0.3, -0.25) is 19.2 Å². The first kappa shape index (κ1) is 26.3. The van der Waals surface area contributed by atoms with E-state index in [1.165, 1.54) is 6.92 Å². The van der Waals surface area contributed by atoms with Crippen LogP contribution in [-0.4, -0.2) is 81.8 Å². The third-order valence-corrected chi connectivity index (χ3v) is 4.95. The Labute approximate surface area is 180 Å². The van der Waals surface area contributed by atoms with E-state index >= 15 is 0 Å². The molecular weight excluding hydrogens is 412 g/mol. The van der Waals surface area contributed by atoms with Gasteiger partial charge in [0.2, 0.25) is 17.7 Å². The van der Waals surface area contributed by atoms with E-state index in [4.69, 9.17) is 5.11 Å². The smallest absolute Gasteiger partial charge is 0.326 e. The molecule has 1 saturated heterocycles. The lowest BCUT2D eigenvalue weighted by molar-refractivity contribution is -0.144. The topological polar surface area (TPSA) is 194 Å². The third-order valence-electron chi connectivity index (χ3n) is 4.95. The number of carboxylic acid groups (broad SMARTS) is 2. The Kier molecular flexibility index (Phi) is 10.4. The summed E-state index contributed by atoms with van der Waals surface area (Å²) in [4.78, 5) is 59.9. The number of carbonyl (C=O) groups excluding carboxylic acids is 3. The van der Waals surface area contributed by atoms with Crippen molar-refractivity contribution >= 4 is 29.7 Å². The minimum atomic E-state index is -1.50. The van der Waals surface area contributed by atoms with Crippen LogP contribution >= 0.6 is 0 Å². The average molecular weight is 444 g/mol. The standard InChI is InChI=1S/C19H32N4O8/c1-9(2)14(19(30)31)22-18(29)15(10(3)24)23-17(28)12(6-7-13(25)26)21-16(27)11-5-4-8-20-11/h9-12,14-15,20,24H,4-8H2,1-3H3,(H,21,27)(H,22,29)(H,23,28)(H,25,26)(H,30,31). The van der Waals surface area contributed by atoms with Crippen LogP contribution in [0.25, 0.3) is 0 Å². The van der Waals surface area contributed by atoms with Gasteiger partial charge in [0.1, 0.15) is 18.1 Å². The number of rotatable bonds is 12. The van der Waals surface area contributed by atoms with Gasteiger partial charge in [-0.2, -0.15) is 0 Å². The number of hydrogen-bond acceptors (Lipinski definition) is 7. The molecule has 0 spiro atoms. The number of amides is 3. The second kappa shape index (κ2) is 12.2. The summed E-state index contributed by atoms with van der Waals surface area (Å²) >= 11 is 0. The Bertz CT molecular complexity index is 676. The van der Waals surface area contributed by atoms with Crippen molar-refractivity contribution in [2.24, 2.45) is 5.92 Å². The zero-order valence-corrected chi connectivity index (χ0v) is 17.9. The molecule has 1 aliphatic heterocycles. The lowest BCUT2D eigenvalue weighted by atomic mass is 10.0. The number of hydrogen-bond donors (Lipinski definition) is 7. The molecule has 0 aliphatic carbocycles. The van der Waals surface area contributed by atoms with E-state index in [0.717, 1.165) is 6.42 Å². The maximum Gasteiger partial charge on any atom is 0.326 e. The van der Waals surface area contributed by atoms with Crippen molar-refractivity contribution in [2.45, 2.75) is 76.7 Å². The Morgan fingerprint density at radius 2 is 1.58 bits per heavy atom. The number of aliphatic hydroxyl groups is 1. The largest absolute Gasteiger partial charge is 0.481 e. The number of carboxylic acids is 2. The summed E-state index contributed by atoms with van der Waals surface area (Å²) in [5, 5.41) is 38.2. The van der Waals surface area contributed by atoms with Gasteiger partial charge in [-0.1, -0.05) is 13.8 Å². The molecule has 0 saturated carbocycles. The normalized spacial score (nSPS) is 19.7. The molecular formula is C19H32N4O8. The number of carbonyl (C=O) groups is 5. The number of nitrogens with one attached hydrogen (secondary N) is 4. The molecule has 0 radical (unpaired) electrons. The van der Waals surface area contributed by atoms with Gasteiger partial charge in [0.25, 0.3) is 0 Å². The first-order valence-corrected chi connectivity index (χ1v) is 10.2. The third kappa shape index (κ3) is 8.50. The van der Waals surface area contributed by atoms with Crippen molar-refractivity contribution in [3.63, 3.8) is 0 Å². The van der Waals surface area contributed by atoms with E-state index in [-0.39, 0.29) is 6.42 Å². The van der Waals surface area contributed by atoms with Crippen molar-refractivity contribution in [1.82, 2.24) is 21.3 Å². The lowest BCUT2D eigenvalue weighted by Crippen LogP contribution is -2.60. The van der Waals surface area contributed by atoms with Crippen molar-refractivity contribution in [2.75, 3.05) is 6.54 Å². The molecule has 5 atom stereocenters. The van der Waals surface area contributed by atoms with Crippen LogP contribution < -0.4 is 21.3 Å². The predicted octanol–water partition coefficient (Wildman–Crippen LogP) is -1.82. The van der Waals surface area contributed by atoms with E-state index in [1.54, 1.807) is 13.8 Å². The summed E-state index contributed by atoms with van der Waals surface area (Å²) in [6, 6.07) is -4.48. The van der Waals surface area contributed by atoms with Crippen LogP contribution in [0.5, 0.6) is 0 Å². The van der Waals surface area contributed by atoms with Gasteiger partial charge >= 0.3 is 11.9 Å². The maximum atomic E-state index is 12.7. The molecule has 7 N–H and O–H groups in total. The number of aliphatic carboxylic acids is 2. The van der Waals surface area contributed by atoms with E-state index in [1.807, 2.05) is 0 Å². The van der Waals surface area contributed by atoms with Crippen LogP contribution in [0.1, 0.15) is 46.5 Å². The molecule has 12 nitrogen and oxygen atoms in total. The fraction of sp³-hybridized carbons (Fsp3) is 0.737. The summed E-state index contributed by atoms with van der Waals surface area (Å²) in [5.41, 5.74) is 0. The van der Waals surface area contributed by atoms with Crippen LogP contribution in [0.4, 0.5) is 0 Å². The van der Waals surface area contributed by atoms with Gasteiger partial charge in [-0.15, -0.1) is 0 Å².